The Bertz CT molecular complexity index is 1380. The molecule has 0 aliphatic carbocycles. The number of anilines is 3. The molecule has 0 bridgehead atoms. The minimum atomic E-state index is -0.958. The third-order valence-electron chi connectivity index (χ3n) is 7.95. The molecule has 2 aromatic heterocycles. The molecule has 4 heterocycles. The van der Waals surface area contributed by atoms with Gasteiger partial charge in [0.05, 0.1) is 6.61 Å². The number of ether oxygens (including phenoxy) is 2. The number of aromatic nitrogens is 3. The number of benzene rings is 1. The molecule has 2 aliphatic heterocycles. The van der Waals surface area contributed by atoms with E-state index in [4.69, 9.17) is 14.5 Å². The van der Waals surface area contributed by atoms with E-state index in [0.29, 0.717) is 18.2 Å². The van der Waals surface area contributed by atoms with Gasteiger partial charge >= 0.3 is 12.1 Å². The molecule has 3 N–H and O–H groups in total. The van der Waals surface area contributed by atoms with Gasteiger partial charge < -0.3 is 30.3 Å². The highest BCUT2D eigenvalue weighted by atomic mass is 16.6. The van der Waals surface area contributed by atoms with Crippen LogP contribution in [0.4, 0.5) is 22.2 Å². The average Bonchev–Trinajstić information content (AvgIpc) is 3.06. The monoisotopic (exact) mass is 587 g/mol. The molecule has 1 atom stereocenters. The zero-order valence-corrected chi connectivity index (χ0v) is 25.0. The number of pyridine rings is 1. The lowest BCUT2D eigenvalue weighted by Crippen LogP contribution is -2.46. The maximum absolute atomic E-state index is 12.7. The van der Waals surface area contributed by atoms with Crippen LogP contribution < -0.4 is 20.9 Å². The highest BCUT2D eigenvalue weighted by molar-refractivity contribution is 5.82. The lowest BCUT2D eigenvalue weighted by Gasteiger charge is -2.34. The van der Waals surface area contributed by atoms with Gasteiger partial charge in [0.1, 0.15) is 36.4 Å². The zero-order valence-electron chi connectivity index (χ0n) is 25.0. The summed E-state index contributed by atoms with van der Waals surface area (Å²) >= 11 is 0. The molecule has 0 unspecified atom stereocenters. The number of aryl methyl sites for hydroxylation is 1. The standard InChI is InChI=1S/C32H41N7O4/c1-3-25-29(34-19-27(31(40)42-4-2)38-32(41)43-20-22-9-6-5-7-10-22)35-21-36-30(25)39-17-14-23(15-18-39)26-13-12-24-11-8-16-33-28(24)37-26/h5-7,9-10,12-13,21,23,27H,3-4,8,11,14-20H2,1-2H3,(H,33,37)(H,38,41)(H,34,35,36)/t27-/m0/s1. The van der Waals surface area contributed by atoms with Gasteiger partial charge in [-0.3, -0.25) is 0 Å². The Kier molecular flexibility index (Phi) is 10.2. The third kappa shape index (κ3) is 7.71. The van der Waals surface area contributed by atoms with E-state index in [1.165, 1.54) is 5.56 Å². The lowest BCUT2D eigenvalue weighted by molar-refractivity contribution is -0.145. The molecule has 0 saturated carbocycles. The number of rotatable bonds is 11. The van der Waals surface area contributed by atoms with Crippen LogP contribution in [0.1, 0.15) is 61.4 Å². The second kappa shape index (κ2) is 14.7. The number of nitrogens with one attached hydrogen (secondary N) is 3. The molecule has 0 spiro atoms. The van der Waals surface area contributed by atoms with E-state index in [0.717, 1.165) is 73.8 Å². The van der Waals surface area contributed by atoms with Crippen LogP contribution in [0.25, 0.3) is 0 Å². The maximum Gasteiger partial charge on any atom is 0.408 e. The number of carbonyl (C=O) groups excluding carboxylic acids is 2. The molecule has 1 saturated heterocycles. The largest absolute Gasteiger partial charge is 0.464 e. The molecule has 0 radical (unpaired) electrons. The minimum Gasteiger partial charge on any atom is -0.464 e. The Hall–Kier alpha value is -4.41. The summed E-state index contributed by atoms with van der Waals surface area (Å²) < 4.78 is 10.5. The van der Waals surface area contributed by atoms with Crippen LogP contribution >= 0.6 is 0 Å². The van der Waals surface area contributed by atoms with Crippen molar-refractivity contribution in [3.05, 3.63) is 71.2 Å². The van der Waals surface area contributed by atoms with Crippen molar-refractivity contribution in [3.63, 3.8) is 0 Å². The highest BCUT2D eigenvalue weighted by Crippen LogP contribution is 2.33. The van der Waals surface area contributed by atoms with Crippen LogP contribution in [0.5, 0.6) is 0 Å². The Labute approximate surface area is 252 Å². The van der Waals surface area contributed by atoms with Crippen molar-refractivity contribution in [2.75, 3.05) is 48.3 Å². The van der Waals surface area contributed by atoms with Gasteiger partial charge in [0, 0.05) is 43.4 Å². The second-order valence-electron chi connectivity index (χ2n) is 10.8. The molecule has 3 aromatic rings. The summed E-state index contributed by atoms with van der Waals surface area (Å²) in [5.41, 5.74) is 4.29. The quantitative estimate of drug-likeness (QED) is 0.277. The van der Waals surface area contributed by atoms with Crippen LogP contribution in [-0.2, 0) is 33.7 Å². The van der Waals surface area contributed by atoms with Gasteiger partial charge in [-0.25, -0.2) is 24.5 Å². The maximum atomic E-state index is 12.7. The zero-order chi connectivity index (χ0) is 30.0. The Morgan fingerprint density at radius 2 is 1.88 bits per heavy atom. The van der Waals surface area contributed by atoms with Crippen molar-refractivity contribution in [2.45, 2.75) is 64.5 Å². The predicted molar refractivity (Wildman–Crippen MR) is 165 cm³/mol. The Morgan fingerprint density at radius 1 is 1.07 bits per heavy atom. The summed E-state index contributed by atoms with van der Waals surface area (Å²) in [5, 5.41) is 9.35. The van der Waals surface area contributed by atoms with E-state index in [-0.39, 0.29) is 19.8 Å². The fraction of sp³-hybridized carbons (Fsp3) is 0.469. The number of piperidine rings is 1. The fourth-order valence-electron chi connectivity index (χ4n) is 5.65. The van der Waals surface area contributed by atoms with Crippen LogP contribution in [0.2, 0.25) is 0 Å². The molecule has 1 aromatic carbocycles. The molecule has 2 aliphatic rings. The SMILES string of the molecule is CCOC(=O)[C@H](CNc1ncnc(N2CCC(c3ccc4c(n3)NCCC4)CC2)c1CC)NC(=O)OCc1ccccc1. The summed E-state index contributed by atoms with van der Waals surface area (Å²) in [6.07, 6.45) is 5.77. The first-order valence-electron chi connectivity index (χ1n) is 15.3. The number of amides is 1. The van der Waals surface area contributed by atoms with Gasteiger partial charge in [0.2, 0.25) is 0 Å². The van der Waals surface area contributed by atoms with E-state index in [1.807, 2.05) is 30.3 Å². The number of nitrogens with zero attached hydrogens (tertiary/aromatic N) is 4. The number of hydrogen-bond acceptors (Lipinski definition) is 10. The number of fused-ring (bicyclic) bond motifs is 1. The summed E-state index contributed by atoms with van der Waals surface area (Å²) in [6, 6.07) is 12.8. The molecule has 1 amide bonds. The van der Waals surface area contributed by atoms with E-state index >= 15 is 0 Å². The van der Waals surface area contributed by atoms with E-state index in [9.17, 15) is 9.59 Å². The minimum absolute atomic E-state index is 0.0861. The molecule has 1 fully saturated rings. The summed E-state index contributed by atoms with van der Waals surface area (Å²) in [4.78, 5) is 41.6. The van der Waals surface area contributed by atoms with Gasteiger partial charge in [0.25, 0.3) is 0 Å². The van der Waals surface area contributed by atoms with Crippen molar-refractivity contribution >= 4 is 29.5 Å². The van der Waals surface area contributed by atoms with Gasteiger partial charge in [-0.15, -0.1) is 0 Å². The van der Waals surface area contributed by atoms with Crippen molar-refractivity contribution in [1.82, 2.24) is 20.3 Å². The molecule has 11 heteroatoms. The van der Waals surface area contributed by atoms with Crippen LogP contribution in [0.15, 0.2) is 48.8 Å². The smallest absolute Gasteiger partial charge is 0.408 e. The molecular formula is C32H41N7O4. The van der Waals surface area contributed by atoms with Crippen molar-refractivity contribution in [2.24, 2.45) is 0 Å². The van der Waals surface area contributed by atoms with Gasteiger partial charge in [-0.1, -0.05) is 43.3 Å². The van der Waals surface area contributed by atoms with Crippen molar-refractivity contribution in [3.8, 4) is 0 Å². The third-order valence-corrected chi connectivity index (χ3v) is 7.95. The Balaban J connectivity index is 1.21. The van der Waals surface area contributed by atoms with Gasteiger partial charge in [-0.05, 0) is 56.2 Å². The lowest BCUT2D eigenvalue weighted by atomic mass is 9.92. The summed E-state index contributed by atoms with van der Waals surface area (Å²) in [6.45, 7) is 6.88. The summed E-state index contributed by atoms with van der Waals surface area (Å²) in [7, 11) is 0. The molecule has 228 valence electrons. The average molecular weight is 588 g/mol. The molecule has 5 rings (SSSR count). The molecular weight excluding hydrogens is 546 g/mol. The highest BCUT2D eigenvalue weighted by Gasteiger charge is 2.27. The van der Waals surface area contributed by atoms with E-state index < -0.39 is 18.1 Å². The van der Waals surface area contributed by atoms with Crippen molar-refractivity contribution in [1.29, 1.82) is 0 Å². The van der Waals surface area contributed by atoms with Crippen LogP contribution in [0.3, 0.4) is 0 Å². The number of alkyl carbamates (subject to hydrolysis) is 1. The first-order valence-corrected chi connectivity index (χ1v) is 15.3. The second-order valence-corrected chi connectivity index (χ2v) is 10.8. The normalized spacial score (nSPS) is 15.5. The topological polar surface area (TPSA) is 131 Å². The van der Waals surface area contributed by atoms with Gasteiger partial charge in [-0.2, -0.15) is 0 Å². The van der Waals surface area contributed by atoms with Crippen LogP contribution in [-0.4, -0.2) is 65.8 Å². The van der Waals surface area contributed by atoms with Crippen molar-refractivity contribution < 1.29 is 19.1 Å². The summed E-state index contributed by atoms with van der Waals surface area (Å²) in [5.74, 6) is 2.43. The molecule has 43 heavy (non-hydrogen) atoms. The predicted octanol–water partition coefficient (Wildman–Crippen LogP) is 4.45. The fourth-order valence-corrected chi connectivity index (χ4v) is 5.65. The van der Waals surface area contributed by atoms with E-state index in [1.54, 1.807) is 13.3 Å². The molecule has 11 nitrogen and oxygen atoms in total. The van der Waals surface area contributed by atoms with E-state index in [2.05, 4.69) is 49.9 Å². The number of carbonyl (C=O) groups is 2. The first-order chi connectivity index (χ1) is 21.1. The van der Waals surface area contributed by atoms with Gasteiger partial charge in [0.15, 0.2) is 0 Å². The first kappa shape index (κ1) is 30.1. The van der Waals surface area contributed by atoms with Crippen LogP contribution in [0, 0.1) is 0 Å². The number of esters is 1. The number of hydrogen-bond donors (Lipinski definition) is 3. The Morgan fingerprint density at radius 3 is 2.65 bits per heavy atom.